The summed E-state index contributed by atoms with van der Waals surface area (Å²) in [6.45, 7) is 5.85. The van der Waals surface area contributed by atoms with E-state index in [1.54, 1.807) is 6.20 Å². The van der Waals surface area contributed by atoms with Gasteiger partial charge in [0.15, 0.2) is 5.82 Å². The van der Waals surface area contributed by atoms with Gasteiger partial charge in [-0.15, -0.1) is 5.10 Å². The number of nitrogens with zero attached hydrogens (tertiary/aromatic N) is 3. The Hall–Kier alpha value is -1.16. The molecule has 0 radical (unpaired) electrons. The molecule has 0 unspecified atom stereocenters. The van der Waals surface area contributed by atoms with Crippen molar-refractivity contribution in [2.45, 2.75) is 26.7 Å². The minimum absolute atomic E-state index is 0.152. The maximum atomic E-state index is 8.98. The highest BCUT2D eigenvalue weighted by Gasteiger charge is 2.06. The topological polar surface area (TPSA) is 49.2 Å². The normalized spacial score (nSPS) is 10.3. The first kappa shape index (κ1) is 11.9. The van der Waals surface area contributed by atoms with Gasteiger partial charge in [-0.25, -0.2) is 0 Å². The molecule has 0 saturated carbocycles. The van der Waals surface area contributed by atoms with Crippen molar-refractivity contribution in [1.82, 2.24) is 10.2 Å². The van der Waals surface area contributed by atoms with Gasteiger partial charge in [-0.3, -0.25) is 0 Å². The van der Waals surface area contributed by atoms with Gasteiger partial charge < -0.3 is 10.0 Å². The number of aliphatic hydroxyl groups excluding tert-OH is 1. The molecule has 1 aromatic heterocycles. The molecule has 1 rings (SSSR count). The van der Waals surface area contributed by atoms with Crippen LogP contribution in [0.1, 0.15) is 25.3 Å². The number of anilines is 1. The summed E-state index contributed by atoms with van der Waals surface area (Å²) >= 11 is 0. The predicted octanol–water partition coefficient (Wildman–Crippen LogP) is 1.38. The van der Waals surface area contributed by atoms with Gasteiger partial charge in [-0.1, -0.05) is 13.3 Å². The molecule has 0 amide bonds. The summed E-state index contributed by atoms with van der Waals surface area (Å²) in [7, 11) is 0. The zero-order valence-electron chi connectivity index (χ0n) is 9.48. The fourth-order valence-electron chi connectivity index (χ4n) is 1.41. The highest BCUT2D eigenvalue weighted by Crippen LogP contribution is 2.11. The summed E-state index contributed by atoms with van der Waals surface area (Å²) < 4.78 is 0. The lowest BCUT2D eigenvalue weighted by Crippen LogP contribution is -2.28. The Labute approximate surface area is 90.9 Å². The molecule has 0 spiro atoms. The molecule has 4 heteroatoms. The molecule has 0 atom stereocenters. The molecular formula is C11H19N3O. The second-order valence-electron chi connectivity index (χ2n) is 3.66. The van der Waals surface area contributed by atoms with Gasteiger partial charge in [-0.2, -0.15) is 5.10 Å². The van der Waals surface area contributed by atoms with Crippen LogP contribution in [0.25, 0.3) is 0 Å². The van der Waals surface area contributed by atoms with E-state index in [1.807, 2.05) is 13.0 Å². The summed E-state index contributed by atoms with van der Waals surface area (Å²) in [6, 6.07) is 2.00. The molecule has 1 aromatic rings. The zero-order chi connectivity index (χ0) is 11.1. The summed E-state index contributed by atoms with van der Waals surface area (Å²) in [5.74, 6) is 0.859. The fourth-order valence-corrected chi connectivity index (χ4v) is 1.41. The molecular weight excluding hydrogens is 190 g/mol. The summed E-state index contributed by atoms with van der Waals surface area (Å²) in [4.78, 5) is 2.07. The molecule has 0 saturated heterocycles. The van der Waals surface area contributed by atoms with Crippen LogP contribution in [0, 0.1) is 6.92 Å². The van der Waals surface area contributed by atoms with Crippen molar-refractivity contribution < 1.29 is 5.11 Å². The minimum Gasteiger partial charge on any atom is -0.395 e. The SMILES string of the molecule is CCCCN(CCO)c1cc(C)cnn1. The van der Waals surface area contributed by atoms with Gasteiger partial charge in [0.2, 0.25) is 0 Å². The van der Waals surface area contributed by atoms with E-state index in [9.17, 15) is 0 Å². The lowest BCUT2D eigenvalue weighted by atomic mass is 10.3. The average molecular weight is 209 g/mol. The first-order chi connectivity index (χ1) is 7.27. The third-order valence-electron chi connectivity index (χ3n) is 2.25. The Morgan fingerprint density at radius 1 is 1.40 bits per heavy atom. The van der Waals surface area contributed by atoms with Crippen LogP contribution >= 0.6 is 0 Å². The Balaban J connectivity index is 2.69. The van der Waals surface area contributed by atoms with E-state index in [1.165, 1.54) is 0 Å². The summed E-state index contributed by atoms with van der Waals surface area (Å²) in [5.41, 5.74) is 1.10. The van der Waals surface area contributed by atoms with E-state index in [4.69, 9.17) is 5.11 Å². The van der Waals surface area contributed by atoms with Crippen LogP contribution in [-0.2, 0) is 0 Å². The van der Waals surface area contributed by atoms with Crippen molar-refractivity contribution in [3.8, 4) is 0 Å². The highest BCUT2D eigenvalue weighted by atomic mass is 16.3. The molecule has 0 aliphatic carbocycles. The standard InChI is InChI=1S/C11H19N3O/c1-3-4-5-14(6-7-15)11-8-10(2)9-12-13-11/h8-9,15H,3-7H2,1-2H3. The van der Waals surface area contributed by atoms with Crippen LogP contribution in [0.4, 0.5) is 5.82 Å². The first-order valence-corrected chi connectivity index (χ1v) is 5.43. The molecule has 1 heterocycles. The van der Waals surface area contributed by atoms with Crippen LogP contribution in [-0.4, -0.2) is 35.0 Å². The van der Waals surface area contributed by atoms with Gasteiger partial charge in [0, 0.05) is 13.1 Å². The van der Waals surface area contributed by atoms with Crippen LogP contribution in [0.2, 0.25) is 0 Å². The van der Waals surface area contributed by atoms with Crippen molar-refractivity contribution in [2.24, 2.45) is 0 Å². The maximum absolute atomic E-state index is 8.98. The van der Waals surface area contributed by atoms with E-state index >= 15 is 0 Å². The van der Waals surface area contributed by atoms with Crippen LogP contribution in [0.3, 0.4) is 0 Å². The van der Waals surface area contributed by atoms with Crippen molar-refractivity contribution in [1.29, 1.82) is 0 Å². The Morgan fingerprint density at radius 2 is 2.20 bits per heavy atom. The van der Waals surface area contributed by atoms with E-state index in [-0.39, 0.29) is 6.61 Å². The number of hydrogen-bond acceptors (Lipinski definition) is 4. The molecule has 0 bridgehead atoms. The van der Waals surface area contributed by atoms with Crippen LogP contribution < -0.4 is 4.90 Å². The van der Waals surface area contributed by atoms with Crippen molar-refractivity contribution in [3.63, 3.8) is 0 Å². The second-order valence-corrected chi connectivity index (χ2v) is 3.66. The van der Waals surface area contributed by atoms with Crippen molar-refractivity contribution >= 4 is 5.82 Å². The van der Waals surface area contributed by atoms with E-state index in [0.29, 0.717) is 6.54 Å². The molecule has 84 valence electrons. The quantitative estimate of drug-likeness (QED) is 0.769. The van der Waals surface area contributed by atoms with Gasteiger partial charge in [0.1, 0.15) is 0 Å². The molecule has 0 aliphatic heterocycles. The molecule has 0 aliphatic rings. The summed E-state index contributed by atoms with van der Waals surface area (Å²) in [5, 5.41) is 17.0. The Bertz CT molecular complexity index is 291. The predicted molar refractivity (Wildman–Crippen MR) is 61.0 cm³/mol. The molecule has 1 N–H and O–H groups in total. The largest absolute Gasteiger partial charge is 0.395 e. The summed E-state index contributed by atoms with van der Waals surface area (Å²) in [6.07, 6.45) is 3.98. The van der Waals surface area contributed by atoms with E-state index in [0.717, 1.165) is 30.8 Å². The average Bonchev–Trinajstić information content (AvgIpc) is 2.24. The third kappa shape index (κ3) is 3.83. The van der Waals surface area contributed by atoms with Crippen LogP contribution in [0.15, 0.2) is 12.3 Å². The molecule has 0 fully saturated rings. The van der Waals surface area contributed by atoms with Gasteiger partial charge in [-0.05, 0) is 25.0 Å². The molecule has 0 aromatic carbocycles. The number of unbranched alkanes of at least 4 members (excludes halogenated alkanes) is 1. The maximum Gasteiger partial charge on any atom is 0.151 e. The van der Waals surface area contributed by atoms with E-state index < -0.39 is 0 Å². The van der Waals surface area contributed by atoms with E-state index in [2.05, 4.69) is 22.0 Å². The fraction of sp³-hybridized carbons (Fsp3) is 0.636. The monoisotopic (exact) mass is 209 g/mol. The van der Waals surface area contributed by atoms with Crippen LogP contribution in [0.5, 0.6) is 0 Å². The van der Waals surface area contributed by atoms with Crippen molar-refractivity contribution in [3.05, 3.63) is 17.8 Å². The van der Waals surface area contributed by atoms with Gasteiger partial charge in [0.25, 0.3) is 0 Å². The number of rotatable bonds is 6. The smallest absolute Gasteiger partial charge is 0.151 e. The number of aliphatic hydroxyl groups is 1. The lowest BCUT2D eigenvalue weighted by Gasteiger charge is -2.22. The van der Waals surface area contributed by atoms with Gasteiger partial charge in [0.05, 0.1) is 12.8 Å². The zero-order valence-corrected chi connectivity index (χ0v) is 9.48. The first-order valence-electron chi connectivity index (χ1n) is 5.43. The van der Waals surface area contributed by atoms with Crippen molar-refractivity contribution in [2.75, 3.05) is 24.6 Å². The molecule has 4 nitrogen and oxygen atoms in total. The second kappa shape index (κ2) is 6.35. The number of aromatic nitrogens is 2. The molecule has 15 heavy (non-hydrogen) atoms. The lowest BCUT2D eigenvalue weighted by molar-refractivity contribution is 0.301. The van der Waals surface area contributed by atoms with Gasteiger partial charge >= 0.3 is 0 Å². The third-order valence-corrected chi connectivity index (χ3v) is 2.25. The number of hydrogen-bond donors (Lipinski definition) is 1. The Kier molecular flexibility index (Phi) is 5.04. The highest BCUT2D eigenvalue weighted by molar-refractivity contribution is 5.38. The minimum atomic E-state index is 0.152. The Morgan fingerprint density at radius 3 is 2.80 bits per heavy atom. The number of aryl methyl sites for hydroxylation is 1.